The van der Waals surface area contributed by atoms with E-state index in [2.05, 4.69) is 34.7 Å². The topological polar surface area (TPSA) is 65.4 Å². The first-order valence-electron chi connectivity index (χ1n) is 12.4. The van der Waals surface area contributed by atoms with Crippen molar-refractivity contribution < 1.29 is 14.3 Å². The molecule has 4 aromatic carbocycles. The summed E-state index contributed by atoms with van der Waals surface area (Å²) < 4.78 is 13.3. The number of fused-ring (bicyclic) bond motifs is 1. The molecule has 5 rings (SSSR count). The molecule has 190 valence electrons. The van der Waals surface area contributed by atoms with Crippen LogP contribution < -0.4 is 14.8 Å². The first kappa shape index (κ1) is 24.8. The van der Waals surface area contributed by atoms with Crippen molar-refractivity contribution in [2.45, 2.75) is 20.1 Å². The number of rotatable bonds is 9. The lowest BCUT2D eigenvalue weighted by atomic mass is 10.0. The number of ether oxygens (including phenoxy) is 2. The van der Waals surface area contributed by atoms with E-state index < -0.39 is 0 Å². The summed E-state index contributed by atoms with van der Waals surface area (Å²) in [6.07, 6.45) is 5.13. The van der Waals surface area contributed by atoms with Crippen LogP contribution in [0.3, 0.4) is 0 Å². The Morgan fingerprint density at radius 1 is 0.921 bits per heavy atom. The van der Waals surface area contributed by atoms with E-state index in [4.69, 9.17) is 9.47 Å². The highest BCUT2D eigenvalue weighted by atomic mass is 16.5. The molecule has 5 aromatic rings. The summed E-state index contributed by atoms with van der Waals surface area (Å²) >= 11 is 0. The van der Waals surface area contributed by atoms with Crippen LogP contribution in [-0.2, 0) is 17.9 Å². The number of carbonyl (C=O) groups is 1. The summed E-state index contributed by atoms with van der Waals surface area (Å²) in [4.78, 5) is 12.6. The summed E-state index contributed by atoms with van der Waals surface area (Å²) in [7, 11) is 1.63. The minimum absolute atomic E-state index is 0.256. The number of para-hydroxylation sites is 1. The van der Waals surface area contributed by atoms with E-state index in [1.165, 1.54) is 22.4 Å². The third-order valence-electron chi connectivity index (χ3n) is 6.31. The average Bonchev–Trinajstić information content (AvgIpc) is 3.38. The molecule has 38 heavy (non-hydrogen) atoms. The third-order valence-corrected chi connectivity index (χ3v) is 6.31. The number of benzene rings is 4. The molecule has 0 saturated heterocycles. The molecule has 0 spiro atoms. The number of carbonyl (C=O) groups excluding carboxylic acids is 1. The number of nitrogens with one attached hydrogen (secondary N) is 1. The molecule has 6 heteroatoms. The quantitative estimate of drug-likeness (QED) is 0.229. The zero-order valence-electron chi connectivity index (χ0n) is 21.4. The van der Waals surface area contributed by atoms with Crippen molar-refractivity contribution in [2.24, 2.45) is 0 Å². The highest BCUT2D eigenvalue weighted by Crippen LogP contribution is 2.24. The van der Waals surface area contributed by atoms with Gasteiger partial charge in [-0.15, -0.1) is 0 Å². The standard InChI is InChI=1S/C32H29N3O3/c1-23-8-3-6-13-29(23)38-22-27-20-24(14-16-30(27)37-2)15-17-32(36)33-31-18-19-35(34-31)21-26-11-7-10-25-9-4-5-12-28(25)26/h3-20H,21-22H2,1-2H3,(H,33,34,36)/b17-15+. The molecule has 1 N–H and O–H groups in total. The maximum absolute atomic E-state index is 12.6. The van der Waals surface area contributed by atoms with Crippen molar-refractivity contribution in [3.05, 3.63) is 126 Å². The van der Waals surface area contributed by atoms with E-state index in [0.29, 0.717) is 19.0 Å². The molecule has 0 atom stereocenters. The fourth-order valence-electron chi connectivity index (χ4n) is 4.35. The van der Waals surface area contributed by atoms with E-state index in [1.54, 1.807) is 19.3 Å². The molecule has 1 heterocycles. The molecule has 1 amide bonds. The Hall–Kier alpha value is -4.84. The highest BCUT2D eigenvalue weighted by Gasteiger charge is 2.08. The van der Waals surface area contributed by atoms with Gasteiger partial charge in [0.05, 0.1) is 13.7 Å². The monoisotopic (exact) mass is 503 g/mol. The van der Waals surface area contributed by atoms with Crippen LogP contribution in [0.4, 0.5) is 5.82 Å². The Morgan fingerprint density at radius 2 is 1.74 bits per heavy atom. The van der Waals surface area contributed by atoms with Gasteiger partial charge in [0.1, 0.15) is 18.1 Å². The van der Waals surface area contributed by atoms with Crippen LogP contribution in [0.1, 0.15) is 22.3 Å². The van der Waals surface area contributed by atoms with Gasteiger partial charge in [-0.3, -0.25) is 9.48 Å². The Morgan fingerprint density at radius 3 is 2.61 bits per heavy atom. The second-order valence-corrected chi connectivity index (χ2v) is 8.98. The Balaban J connectivity index is 1.22. The number of methoxy groups -OCH3 is 1. The molecule has 0 saturated carbocycles. The van der Waals surface area contributed by atoms with Gasteiger partial charge in [-0.25, -0.2) is 0 Å². The third kappa shape index (κ3) is 5.93. The van der Waals surface area contributed by atoms with Gasteiger partial charge < -0.3 is 14.8 Å². The summed E-state index contributed by atoms with van der Waals surface area (Å²) in [6.45, 7) is 2.99. The largest absolute Gasteiger partial charge is 0.496 e. The molecule has 0 radical (unpaired) electrons. The summed E-state index contributed by atoms with van der Waals surface area (Å²) in [6, 6.07) is 30.0. The average molecular weight is 504 g/mol. The lowest BCUT2D eigenvalue weighted by Crippen LogP contribution is -2.09. The second kappa shape index (κ2) is 11.5. The maximum Gasteiger partial charge on any atom is 0.249 e. The molecule has 0 unspecified atom stereocenters. The van der Waals surface area contributed by atoms with Gasteiger partial charge in [-0.1, -0.05) is 66.7 Å². The Labute approximate surface area is 222 Å². The maximum atomic E-state index is 12.6. The molecule has 1 aromatic heterocycles. The van der Waals surface area contributed by atoms with Crippen molar-refractivity contribution in [2.75, 3.05) is 12.4 Å². The number of nitrogens with zero attached hydrogens (tertiary/aromatic N) is 2. The minimum Gasteiger partial charge on any atom is -0.496 e. The molecule has 0 aliphatic rings. The zero-order chi connectivity index (χ0) is 26.3. The van der Waals surface area contributed by atoms with Crippen LogP contribution in [0.5, 0.6) is 11.5 Å². The van der Waals surface area contributed by atoms with Crippen molar-refractivity contribution in [3.63, 3.8) is 0 Å². The number of aryl methyl sites for hydroxylation is 1. The molecular weight excluding hydrogens is 474 g/mol. The smallest absolute Gasteiger partial charge is 0.249 e. The lowest BCUT2D eigenvalue weighted by Gasteiger charge is -2.12. The summed E-state index contributed by atoms with van der Waals surface area (Å²) in [5.74, 6) is 1.81. The fraction of sp³-hybridized carbons (Fsp3) is 0.125. The summed E-state index contributed by atoms with van der Waals surface area (Å²) in [5.41, 5.74) is 4.00. The van der Waals surface area contributed by atoms with Crippen molar-refractivity contribution in [3.8, 4) is 11.5 Å². The van der Waals surface area contributed by atoms with Crippen LogP contribution in [0.15, 0.2) is 103 Å². The molecule has 0 aliphatic carbocycles. The minimum atomic E-state index is -0.256. The zero-order valence-corrected chi connectivity index (χ0v) is 21.4. The van der Waals surface area contributed by atoms with Gasteiger partial charge in [0.25, 0.3) is 0 Å². The lowest BCUT2D eigenvalue weighted by molar-refractivity contribution is -0.111. The van der Waals surface area contributed by atoms with E-state index in [1.807, 2.05) is 78.5 Å². The number of anilines is 1. The first-order valence-corrected chi connectivity index (χ1v) is 12.4. The van der Waals surface area contributed by atoms with Crippen LogP contribution in [0.25, 0.3) is 16.8 Å². The molecular formula is C32H29N3O3. The van der Waals surface area contributed by atoms with Gasteiger partial charge in [0, 0.05) is 23.9 Å². The molecule has 0 bridgehead atoms. The first-order chi connectivity index (χ1) is 18.6. The van der Waals surface area contributed by atoms with Gasteiger partial charge in [-0.2, -0.15) is 5.10 Å². The van der Waals surface area contributed by atoms with Gasteiger partial charge in [0.2, 0.25) is 5.91 Å². The number of hydrogen-bond donors (Lipinski definition) is 1. The molecule has 6 nitrogen and oxygen atoms in total. The Bertz CT molecular complexity index is 1600. The van der Waals surface area contributed by atoms with Gasteiger partial charge in [0.15, 0.2) is 5.82 Å². The number of aromatic nitrogens is 2. The highest BCUT2D eigenvalue weighted by molar-refractivity contribution is 6.01. The SMILES string of the molecule is COc1ccc(/C=C/C(=O)Nc2ccn(Cc3cccc4ccccc34)n2)cc1COc1ccccc1C. The number of hydrogen-bond acceptors (Lipinski definition) is 4. The second-order valence-electron chi connectivity index (χ2n) is 8.98. The van der Waals surface area contributed by atoms with E-state index in [-0.39, 0.29) is 5.91 Å². The van der Waals surface area contributed by atoms with Crippen LogP contribution in [0.2, 0.25) is 0 Å². The van der Waals surface area contributed by atoms with Crippen LogP contribution in [-0.4, -0.2) is 22.8 Å². The molecule has 0 fully saturated rings. The van der Waals surface area contributed by atoms with Crippen molar-refractivity contribution in [1.29, 1.82) is 0 Å². The number of amides is 1. The van der Waals surface area contributed by atoms with Gasteiger partial charge in [-0.05, 0) is 58.7 Å². The van der Waals surface area contributed by atoms with Gasteiger partial charge >= 0.3 is 0 Å². The molecule has 0 aliphatic heterocycles. The van der Waals surface area contributed by atoms with Crippen LogP contribution in [0, 0.1) is 6.92 Å². The van der Waals surface area contributed by atoms with Crippen molar-refractivity contribution in [1.82, 2.24) is 9.78 Å². The van der Waals surface area contributed by atoms with E-state index in [9.17, 15) is 4.79 Å². The van der Waals surface area contributed by atoms with E-state index in [0.717, 1.165) is 28.2 Å². The predicted molar refractivity (Wildman–Crippen MR) is 151 cm³/mol. The summed E-state index contributed by atoms with van der Waals surface area (Å²) in [5, 5.41) is 9.75. The predicted octanol–water partition coefficient (Wildman–Crippen LogP) is 6.63. The fourth-order valence-corrected chi connectivity index (χ4v) is 4.35. The Kier molecular flexibility index (Phi) is 7.50. The van der Waals surface area contributed by atoms with Crippen molar-refractivity contribution >= 4 is 28.6 Å². The normalized spacial score (nSPS) is 11.1. The van der Waals surface area contributed by atoms with E-state index >= 15 is 0 Å². The van der Waals surface area contributed by atoms with Crippen LogP contribution >= 0.6 is 0 Å².